The van der Waals surface area contributed by atoms with Gasteiger partial charge in [-0.05, 0) is 86.8 Å². The number of hydrogen-bond acceptors (Lipinski definition) is 3. The summed E-state index contributed by atoms with van der Waals surface area (Å²) < 4.78 is 8.60. The van der Waals surface area contributed by atoms with Crippen LogP contribution in [-0.2, 0) is 4.74 Å². The van der Waals surface area contributed by atoms with E-state index in [1.807, 2.05) is 13.0 Å². The molecule has 1 aliphatic heterocycles. The Balaban J connectivity index is 2.30. The second-order valence-electron chi connectivity index (χ2n) is 4.69. The van der Waals surface area contributed by atoms with E-state index in [4.69, 9.17) is 4.74 Å². The molecule has 20 heavy (non-hydrogen) atoms. The Labute approximate surface area is 159 Å². The minimum absolute atomic E-state index is 0.0140. The summed E-state index contributed by atoms with van der Waals surface area (Å²) in [4.78, 5) is 14.6. The van der Waals surface area contributed by atoms with E-state index in [1.54, 1.807) is 4.90 Å². The van der Waals surface area contributed by atoms with Crippen molar-refractivity contribution in [3.05, 3.63) is 28.4 Å². The summed E-state index contributed by atoms with van der Waals surface area (Å²) in [6.45, 7) is 2.82. The first kappa shape index (κ1) is 17.2. The molecule has 7 heteroatoms. The molecule has 0 aliphatic carbocycles. The van der Waals surface area contributed by atoms with E-state index < -0.39 is 0 Å². The molecule has 1 aromatic carbocycles. The van der Waals surface area contributed by atoms with Crippen LogP contribution in [0.5, 0.6) is 0 Å². The van der Waals surface area contributed by atoms with Crippen molar-refractivity contribution in [2.24, 2.45) is 0 Å². The van der Waals surface area contributed by atoms with Gasteiger partial charge in [0.15, 0.2) is 0 Å². The fraction of sp³-hybridized carbons (Fsp3) is 0.462. The lowest BCUT2D eigenvalue weighted by molar-refractivity contribution is -0.0667. The molecular weight excluding hydrogens is 599 g/mol. The normalized spacial score (nSPS) is 22.9. The summed E-state index contributed by atoms with van der Waals surface area (Å²) in [6.07, 6.45) is -0.283. The monoisotopic (exact) mass is 613 g/mol. The Hall–Kier alpha value is 0.800. The summed E-state index contributed by atoms with van der Waals surface area (Å²) >= 11 is 6.69. The first-order chi connectivity index (χ1) is 9.43. The highest BCUT2D eigenvalue weighted by molar-refractivity contribution is 14.1. The molecule has 2 rings (SSSR count). The second kappa shape index (κ2) is 7.38. The molecule has 0 bridgehead atoms. The zero-order valence-electron chi connectivity index (χ0n) is 10.8. The van der Waals surface area contributed by atoms with Gasteiger partial charge >= 0.3 is 0 Å². The summed E-state index contributed by atoms with van der Waals surface area (Å²) in [7, 11) is 0. The maximum Gasteiger partial charge on any atom is 0.255 e. The van der Waals surface area contributed by atoms with Gasteiger partial charge in [-0.1, -0.05) is 0 Å². The standard InChI is InChI=1S/C13H14I3NO3/c1-7-6-20-9(5-18)4-17(7)13(19)10-2-8(14)3-11(15)12(10)16/h2-3,7,9,18H,4-6H2,1H3. The lowest BCUT2D eigenvalue weighted by Gasteiger charge is -2.37. The van der Waals surface area contributed by atoms with Crippen molar-refractivity contribution in [1.82, 2.24) is 4.90 Å². The predicted molar refractivity (Wildman–Crippen MR) is 102 cm³/mol. The number of ether oxygens (including phenoxy) is 1. The van der Waals surface area contributed by atoms with Crippen LogP contribution in [0.1, 0.15) is 17.3 Å². The van der Waals surface area contributed by atoms with E-state index in [1.165, 1.54) is 0 Å². The molecule has 1 saturated heterocycles. The highest BCUT2D eigenvalue weighted by atomic mass is 127. The van der Waals surface area contributed by atoms with Gasteiger partial charge in [-0.15, -0.1) is 0 Å². The van der Waals surface area contributed by atoms with E-state index in [-0.39, 0.29) is 24.7 Å². The average Bonchev–Trinajstić information content (AvgIpc) is 2.42. The van der Waals surface area contributed by atoms with Gasteiger partial charge in [0.05, 0.1) is 30.9 Å². The van der Waals surface area contributed by atoms with Gasteiger partial charge < -0.3 is 14.7 Å². The zero-order chi connectivity index (χ0) is 14.9. The first-order valence-electron chi connectivity index (χ1n) is 6.12. The maximum absolute atomic E-state index is 12.8. The molecule has 1 N–H and O–H groups in total. The van der Waals surface area contributed by atoms with Crippen LogP contribution in [0.3, 0.4) is 0 Å². The fourth-order valence-electron chi connectivity index (χ4n) is 2.08. The van der Waals surface area contributed by atoms with Crippen molar-refractivity contribution >= 4 is 73.7 Å². The van der Waals surface area contributed by atoms with E-state index in [2.05, 4.69) is 73.8 Å². The Morgan fingerprint density at radius 3 is 2.80 bits per heavy atom. The largest absolute Gasteiger partial charge is 0.394 e. The molecule has 4 nitrogen and oxygen atoms in total. The van der Waals surface area contributed by atoms with Crippen LogP contribution in [0.15, 0.2) is 12.1 Å². The van der Waals surface area contributed by atoms with E-state index in [0.717, 1.165) is 16.3 Å². The number of aliphatic hydroxyl groups is 1. The van der Waals surface area contributed by atoms with Crippen molar-refractivity contribution in [1.29, 1.82) is 0 Å². The van der Waals surface area contributed by atoms with Gasteiger partial charge in [-0.2, -0.15) is 0 Å². The zero-order valence-corrected chi connectivity index (χ0v) is 17.2. The third kappa shape index (κ3) is 3.76. The average molecular weight is 613 g/mol. The number of aliphatic hydroxyl groups excluding tert-OH is 1. The third-order valence-corrected chi connectivity index (χ3v) is 6.86. The molecule has 1 amide bonds. The number of nitrogens with zero attached hydrogens (tertiary/aromatic N) is 1. The van der Waals surface area contributed by atoms with Crippen molar-refractivity contribution in [3.8, 4) is 0 Å². The number of amides is 1. The molecular formula is C13H14I3NO3. The van der Waals surface area contributed by atoms with Gasteiger partial charge in [-0.3, -0.25) is 4.79 Å². The number of benzene rings is 1. The molecule has 1 fully saturated rings. The van der Waals surface area contributed by atoms with E-state index in [0.29, 0.717) is 13.2 Å². The highest BCUT2D eigenvalue weighted by Gasteiger charge is 2.31. The quantitative estimate of drug-likeness (QED) is 0.413. The Kier molecular flexibility index (Phi) is 6.33. The van der Waals surface area contributed by atoms with Crippen molar-refractivity contribution in [2.75, 3.05) is 19.8 Å². The summed E-state index contributed by atoms with van der Waals surface area (Å²) in [6, 6.07) is 4.00. The van der Waals surface area contributed by atoms with Crippen LogP contribution in [0.25, 0.3) is 0 Å². The SMILES string of the molecule is CC1COC(CO)CN1C(=O)c1cc(I)cc(I)c1I. The topological polar surface area (TPSA) is 49.8 Å². The molecule has 110 valence electrons. The smallest absolute Gasteiger partial charge is 0.255 e. The Morgan fingerprint density at radius 1 is 1.45 bits per heavy atom. The molecule has 1 aliphatic rings. The van der Waals surface area contributed by atoms with Gasteiger partial charge in [0.1, 0.15) is 0 Å². The van der Waals surface area contributed by atoms with Gasteiger partial charge in [-0.25, -0.2) is 0 Å². The van der Waals surface area contributed by atoms with E-state index in [9.17, 15) is 9.90 Å². The molecule has 0 spiro atoms. The van der Waals surface area contributed by atoms with Gasteiger partial charge in [0.25, 0.3) is 5.91 Å². The molecule has 1 aromatic rings. The van der Waals surface area contributed by atoms with Crippen LogP contribution in [0.4, 0.5) is 0 Å². The highest BCUT2D eigenvalue weighted by Crippen LogP contribution is 2.25. The summed E-state index contributed by atoms with van der Waals surface area (Å²) in [5, 5.41) is 9.22. The van der Waals surface area contributed by atoms with E-state index >= 15 is 0 Å². The number of morpholine rings is 1. The van der Waals surface area contributed by atoms with Crippen LogP contribution >= 0.6 is 67.8 Å². The van der Waals surface area contributed by atoms with Crippen molar-refractivity contribution in [2.45, 2.75) is 19.1 Å². The summed E-state index contributed by atoms with van der Waals surface area (Å²) in [5.74, 6) is 0.0140. The Bertz CT molecular complexity index is 524. The van der Waals surface area contributed by atoms with Crippen LogP contribution in [0.2, 0.25) is 0 Å². The minimum atomic E-state index is -0.283. The molecule has 0 saturated carbocycles. The van der Waals surface area contributed by atoms with Gasteiger partial charge in [0, 0.05) is 17.3 Å². The minimum Gasteiger partial charge on any atom is -0.394 e. The number of rotatable bonds is 2. The number of carbonyl (C=O) groups excluding carboxylic acids is 1. The van der Waals surface area contributed by atoms with Gasteiger partial charge in [0.2, 0.25) is 0 Å². The third-order valence-electron chi connectivity index (χ3n) is 3.19. The number of halogens is 3. The first-order valence-corrected chi connectivity index (χ1v) is 9.35. The fourth-order valence-corrected chi connectivity index (χ4v) is 4.46. The summed E-state index contributed by atoms with van der Waals surface area (Å²) in [5.41, 5.74) is 0.729. The predicted octanol–water partition coefficient (Wildman–Crippen LogP) is 2.72. The molecule has 0 aromatic heterocycles. The molecule has 1 heterocycles. The Morgan fingerprint density at radius 2 is 2.15 bits per heavy atom. The molecule has 2 atom stereocenters. The number of carbonyl (C=O) groups is 1. The van der Waals surface area contributed by atoms with Crippen LogP contribution < -0.4 is 0 Å². The number of hydrogen-bond donors (Lipinski definition) is 1. The van der Waals surface area contributed by atoms with Crippen molar-refractivity contribution < 1.29 is 14.6 Å². The maximum atomic E-state index is 12.8. The lowest BCUT2D eigenvalue weighted by atomic mass is 10.1. The lowest BCUT2D eigenvalue weighted by Crippen LogP contribution is -2.52. The van der Waals surface area contributed by atoms with Crippen LogP contribution in [-0.4, -0.2) is 47.8 Å². The molecule has 0 radical (unpaired) electrons. The van der Waals surface area contributed by atoms with Crippen molar-refractivity contribution in [3.63, 3.8) is 0 Å². The molecule has 2 unspecified atom stereocenters. The second-order valence-corrected chi connectivity index (χ2v) is 8.18. The van der Waals surface area contributed by atoms with Crippen LogP contribution in [0, 0.1) is 10.7 Å².